The number of nitrogens with zero attached hydrogens (tertiary/aromatic N) is 3. The summed E-state index contributed by atoms with van der Waals surface area (Å²) in [6.07, 6.45) is 2.60. The van der Waals surface area contributed by atoms with Gasteiger partial charge in [0.25, 0.3) is 5.91 Å². The predicted octanol–water partition coefficient (Wildman–Crippen LogP) is 2.19. The molecule has 0 bridgehead atoms. The Morgan fingerprint density at radius 1 is 1.32 bits per heavy atom. The molecule has 7 heteroatoms. The van der Waals surface area contributed by atoms with Crippen LogP contribution in [0.4, 0.5) is 4.79 Å². The number of thiophene rings is 1. The van der Waals surface area contributed by atoms with Gasteiger partial charge in [-0.3, -0.25) is 4.79 Å². The molecule has 1 aromatic rings. The lowest BCUT2D eigenvalue weighted by molar-refractivity contribution is 0.0501. The molecule has 1 aromatic heterocycles. The first-order valence-electron chi connectivity index (χ1n) is 8.98. The number of urea groups is 1. The Bertz CT molecular complexity index is 675. The van der Waals surface area contributed by atoms with Crippen molar-refractivity contribution < 1.29 is 14.3 Å². The first-order chi connectivity index (χ1) is 12.0. The van der Waals surface area contributed by atoms with Gasteiger partial charge in [0.15, 0.2) is 0 Å². The van der Waals surface area contributed by atoms with Crippen LogP contribution in [0.15, 0.2) is 12.1 Å². The first kappa shape index (κ1) is 16.8. The number of amides is 3. The highest BCUT2D eigenvalue weighted by molar-refractivity contribution is 7.13. The largest absolute Gasteiger partial charge is 0.379 e. The summed E-state index contributed by atoms with van der Waals surface area (Å²) in [5, 5.41) is 0. The molecule has 3 saturated heterocycles. The summed E-state index contributed by atoms with van der Waals surface area (Å²) >= 11 is 1.55. The number of carbonyl (C=O) groups excluding carboxylic acids is 2. The van der Waals surface area contributed by atoms with Gasteiger partial charge in [-0.25, -0.2) is 4.79 Å². The van der Waals surface area contributed by atoms with Crippen LogP contribution in [0.1, 0.15) is 33.8 Å². The van der Waals surface area contributed by atoms with Crippen molar-refractivity contribution in [1.82, 2.24) is 14.7 Å². The SMILES string of the molecule is Cc1ccc(C(=O)N2CCC(N3C(=O)N(C)CC34CCOC4)CC2)s1. The van der Waals surface area contributed by atoms with Gasteiger partial charge < -0.3 is 19.4 Å². The minimum Gasteiger partial charge on any atom is -0.379 e. The zero-order valence-corrected chi connectivity index (χ0v) is 15.7. The average Bonchev–Trinajstić information content (AvgIpc) is 3.29. The molecule has 6 nitrogen and oxygen atoms in total. The van der Waals surface area contributed by atoms with Gasteiger partial charge in [0.05, 0.1) is 17.0 Å². The third-order valence-corrected chi connectivity index (χ3v) is 6.71. The summed E-state index contributed by atoms with van der Waals surface area (Å²) in [6.45, 7) is 5.56. The lowest BCUT2D eigenvalue weighted by Gasteiger charge is -2.42. The fourth-order valence-electron chi connectivity index (χ4n) is 4.46. The fourth-order valence-corrected chi connectivity index (χ4v) is 5.29. The van der Waals surface area contributed by atoms with Crippen molar-refractivity contribution in [2.24, 2.45) is 0 Å². The lowest BCUT2D eigenvalue weighted by Crippen LogP contribution is -2.56. The van der Waals surface area contributed by atoms with E-state index in [2.05, 4.69) is 4.90 Å². The van der Waals surface area contributed by atoms with Crippen molar-refractivity contribution in [3.63, 3.8) is 0 Å². The van der Waals surface area contributed by atoms with Gasteiger partial charge in [-0.1, -0.05) is 0 Å². The highest BCUT2D eigenvalue weighted by Gasteiger charge is 2.53. The molecule has 3 amide bonds. The minimum absolute atomic E-state index is 0.115. The maximum atomic E-state index is 12.7. The van der Waals surface area contributed by atoms with Crippen LogP contribution in [-0.2, 0) is 4.74 Å². The van der Waals surface area contributed by atoms with Crippen LogP contribution in [0.25, 0.3) is 0 Å². The summed E-state index contributed by atoms with van der Waals surface area (Å²) < 4.78 is 5.64. The van der Waals surface area contributed by atoms with E-state index >= 15 is 0 Å². The van der Waals surface area contributed by atoms with Crippen LogP contribution >= 0.6 is 11.3 Å². The van der Waals surface area contributed by atoms with Gasteiger partial charge >= 0.3 is 6.03 Å². The van der Waals surface area contributed by atoms with Crippen LogP contribution in [0.5, 0.6) is 0 Å². The van der Waals surface area contributed by atoms with E-state index in [4.69, 9.17) is 4.74 Å². The molecule has 25 heavy (non-hydrogen) atoms. The summed E-state index contributed by atoms with van der Waals surface area (Å²) in [6, 6.07) is 4.23. The average molecular weight is 363 g/mol. The highest BCUT2D eigenvalue weighted by Crippen LogP contribution is 2.37. The van der Waals surface area contributed by atoms with Gasteiger partial charge in [0.1, 0.15) is 0 Å². The molecule has 0 saturated carbocycles. The number of carbonyl (C=O) groups is 2. The molecule has 4 rings (SSSR count). The number of piperidine rings is 1. The summed E-state index contributed by atoms with van der Waals surface area (Å²) in [7, 11) is 1.88. The lowest BCUT2D eigenvalue weighted by atomic mass is 9.93. The maximum absolute atomic E-state index is 12.7. The van der Waals surface area contributed by atoms with Crippen molar-refractivity contribution >= 4 is 23.3 Å². The quantitative estimate of drug-likeness (QED) is 0.809. The van der Waals surface area contributed by atoms with Gasteiger partial charge in [0.2, 0.25) is 0 Å². The fraction of sp³-hybridized carbons (Fsp3) is 0.667. The van der Waals surface area contributed by atoms with Crippen LogP contribution in [-0.4, -0.2) is 78.1 Å². The number of aryl methyl sites for hydroxylation is 1. The molecule has 3 aliphatic heterocycles. The predicted molar refractivity (Wildman–Crippen MR) is 96.0 cm³/mol. The van der Waals surface area contributed by atoms with Crippen LogP contribution < -0.4 is 0 Å². The minimum atomic E-state index is -0.159. The second kappa shape index (κ2) is 6.29. The third kappa shape index (κ3) is 2.83. The van der Waals surface area contributed by atoms with E-state index in [1.807, 2.05) is 35.9 Å². The Labute approximate surface area is 152 Å². The van der Waals surface area contributed by atoms with Gasteiger partial charge in [0, 0.05) is 44.2 Å². The normalized spacial score (nSPS) is 27.8. The smallest absolute Gasteiger partial charge is 0.320 e. The van der Waals surface area contributed by atoms with Crippen molar-refractivity contribution in [2.45, 2.75) is 37.8 Å². The molecule has 3 aliphatic rings. The van der Waals surface area contributed by atoms with Crippen LogP contribution in [0, 0.1) is 6.92 Å². The first-order valence-corrected chi connectivity index (χ1v) is 9.80. The van der Waals surface area contributed by atoms with Gasteiger partial charge in [-0.15, -0.1) is 11.3 Å². The van der Waals surface area contributed by atoms with E-state index < -0.39 is 0 Å². The molecule has 136 valence electrons. The van der Waals surface area contributed by atoms with E-state index in [1.54, 1.807) is 11.3 Å². The number of ether oxygens (including phenoxy) is 1. The Hall–Kier alpha value is -1.60. The summed E-state index contributed by atoms with van der Waals surface area (Å²) in [5.74, 6) is 0.125. The second-order valence-corrected chi connectivity index (χ2v) is 8.76. The number of hydrogen-bond acceptors (Lipinski definition) is 4. The molecular weight excluding hydrogens is 338 g/mol. The van der Waals surface area contributed by atoms with Crippen LogP contribution in [0.2, 0.25) is 0 Å². The van der Waals surface area contributed by atoms with Crippen molar-refractivity contribution in [3.05, 3.63) is 21.9 Å². The standard InChI is InChI=1S/C18H25N3O3S/c1-13-3-4-15(25-13)16(22)20-8-5-14(6-9-20)21-17(23)19(2)11-18(21)7-10-24-12-18/h3-4,14H,5-12H2,1-2H3. The van der Waals surface area contributed by atoms with Crippen molar-refractivity contribution in [2.75, 3.05) is 39.9 Å². The van der Waals surface area contributed by atoms with Crippen LogP contribution in [0.3, 0.4) is 0 Å². The van der Waals surface area contributed by atoms with E-state index in [0.29, 0.717) is 19.7 Å². The zero-order valence-electron chi connectivity index (χ0n) is 14.9. The third-order valence-electron chi connectivity index (χ3n) is 5.73. The summed E-state index contributed by atoms with van der Waals surface area (Å²) in [4.78, 5) is 33.2. The Balaban J connectivity index is 1.44. The molecule has 4 heterocycles. The van der Waals surface area contributed by atoms with Gasteiger partial charge in [-0.2, -0.15) is 0 Å². The maximum Gasteiger partial charge on any atom is 0.320 e. The highest BCUT2D eigenvalue weighted by atomic mass is 32.1. The number of hydrogen-bond donors (Lipinski definition) is 0. The Morgan fingerprint density at radius 3 is 2.68 bits per heavy atom. The van der Waals surface area contributed by atoms with E-state index in [1.165, 1.54) is 0 Å². The van der Waals surface area contributed by atoms with Crippen molar-refractivity contribution in [3.8, 4) is 0 Å². The number of likely N-dealkylation sites (tertiary alicyclic amines) is 1. The Morgan fingerprint density at radius 2 is 2.08 bits per heavy atom. The number of rotatable bonds is 2. The van der Waals surface area contributed by atoms with Gasteiger partial charge in [-0.05, 0) is 38.3 Å². The molecule has 1 atom stereocenters. The molecule has 0 N–H and O–H groups in total. The molecule has 1 unspecified atom stereocenters. The topological polar surface area (TPSA) is 53.1 Å². The molecular formula is C18H25N3O3S. The number of likely N-dealkylation sites (N-methyl/N-ethyl adjacent to an activating group) is 1. The summed E-state index contributed by atoms with van der Waals surface area (Å²) in [5.41, 5.74) is -0.159. The molecule has 0 aliphatic carbocycles. The molecule has 0 aromatic carbocycles. The zero-order chi connectivity index (χ0) is 17.6. The van der Waals surface area contributed by atoms with E-state index in [9.17, 15) is 9.59 Å². The molecule has 3 fully saturated rings. The second-order valence-electron chi connectivity index (χ2n) is 7.47. The Kier molecular flexibility index (Phi) is 4.24. The van der Waals surface area contributed by atoms with E-state index in [-0.39, 0.29) is 23.5 Å². The molecule has 0 radical (unpaired) electrons. The van der Waals surface area contributed by atoms with Crippen molar-refractivity contribution in [1.29, 1.82) is 0 Å². The monoisotopic (exact) mass is 363 g/mol. The van der Waals surface area contributed by atoms with E-state index in [0.717, 1.165) is 42.2 Å². The molecule has 1 spiro atoms.